The van der Waals surface area contributed by atoms with Crippen LogP contribution < -0.4 is 15.4 Å². The van der Waals surface area contributed by atoms with Crippen LogP contribution in [0.4, 0.5) is 0 Å². The van der Waals surface area contributed by atoms with Crippen molar-refractivity contribution in [1.82, 2.24) is 15.5 Å². The molecule has 170 valence electrons. The van der Waals surface area contributed by atoms with Gasteiger partial charge in [-0.2, -0.15) is 0 Å². The predicted molar refractivity (Wildman–Crippen MR) is 122 cm³/mol. The molecule has 2 heterocycles. The summed E-state index contributed by atoms with van der Waals surface area (Å²) < 4.78 is 5.24. The van der Waals surface area contributed by atoms with Crippen LogP contribution in [0, 0.1) is 5.92 Å². The highest BCUT2D eigenvalue weighted by atomic mass is 16.5. The molecule has 0 bridgehead atoms. The highest BCUT2D eigenvalue weighted by Gasteiger charge is 2.53. The smallest absolute Gasteiger partial charge is 0.252 e. The van der Waals surface area contributed by atoms with E-state index >= 15 is 0 Å². The van der Waals surface area contributed by atoms with Crippen molar-refractivity contribution >= 4 is 11.8 Å². The van der Waals surface area contributed by atoms with E-state index in [0.717, 1.165) is 11.1 Å². The number of fused-ring (bicyclic) bond motifs is 1. The molecule has 3 N–H and O–H groups in total. The van der Waals surface area contributed by atoms with Crippen LogP contribution in [0.1, 0.15) is 42.3 Å². The van der Waals surface area contributed by atoms with Crippen LogP contribution in [0.2, 0.25) is 0 Å². The number of nitrogens with one attached hydrogen (secondary N) is 2. The van der Waals surface area contributed by atoms with E-state index in [1.807, 2.05) is 51.1 Å². The number of ether oxygens (including phenoxy) is 1. The van der Waals surface area contributed by atoms with Crippen LogP contribution in [0.25, 0.3) is 0 Å². The first kappa shape index (κ1) is 22.1. The maximum atomic E-state index is 13.4. The van der Waals surface area contributed by atoms with Crippen molar-refractivity contribution < 1.29 is 19.4 Å². The average molecular weight is 438 g/mol. The van der Waals surface area contributed by atoms with Gasteiger partial charge in [-0.25, -0.2) is 0 Å². The van der Waals surface area contributed by atoms with Gasteiger partial charge in [0.25, 0.3) is 5.91 Å². The van der Waals surface area contributed by atoms with E-state index < -0.39 is 11.5 Å². The third kappa shape index (κ3) is 4.30. The second kappa shape index (κ2) is 8.13. The molecule has 0 radical (unpaired) electrons. The lowest BCUT2D eigenvalue weighted by Crippen LogP contribution is -2.62. The Balaban J connectivity index is 1.64. The van der Waals surface area contributed by atoms with E-state index in [2.05, 4.69) is 15.5 Å². The van der Waals surface area contributed by atoms with Gasteiger partial charge < -0.3 is 20.5 Å². The van der Waals surface area contributed by atoms with E-state index in [9.17, 15) is 14.7 Å². The second-order valence-electron chi connectivity index (χ2n) is 9.91. The van der Waals surface area contributed by atoms with Crippen molar-refractivity contribution in [3.63, 3.8) is 0 Å². The van der Waals surface area contributed by atoms with Crippen molar-refractivity contribution in [3.05, 3.63) is 59.2 Å². The Hall–Kier alpha value is -3.06. The van der Waals surface area contributed by atoms with Gasteiger partial charge in [-0.15, -0.1) is 0 Å². The van der Waals surface area contributed by atoms with Crippen molar-refractivity contribution in [2.45, 2.75) is 44.8 Å². The fourth-order valence-corrected chi connectivity index (χ4v) is 4.88. The standard InChI is InChI=1S/C25H31N3O4/c1-24(2,3)26-23(31)19-14-28(13-16-9-10-20(29)21(11-16)32-4)15-25(19)12-17-7-5-6-8-18(17)22(30)27-25/h5-11,19,29H,12-15H2,1-4H3,(H,26,31)(H,27,30)/t19-,25+/m0/s1. The quantitative estimate of drug-likeness (QED) is 0.684. The summed E-state index contributed by atoms with van der Waals surface area (Å²) in [7, 11) is 1.52. The molecule has 1 saturated heterocycles. The fraction of sp³-hybridized carbons (Fsp3) is 0.440. The lowest BCUT2D eigenvalue weighted by Gasteiger charge is -2.40. The van der Waals surface area contributed by atoms with Crippen LogP contribution in [0.15, 0.2) is 42.5 Å². The normalized spacial score (nSPS) is 23.0. The summed E-state index contributed by atoms with van der Waals surface area (Å²) in [6.07, 6.45) is 0.604. The number of phenols is 1. The molecule has 2 amide bonds. The molecule has 1 spiro atoms. The molecule has 2 aromatic carbocycles. The Morgan fingerprint density at radius 2 is 2.03 bits per heavy atom. The highest BCUT2D eigenvalue weighted by molar-refractivity contribution is 5.98. The molecule has 0 aliphatic carbocycles. The molecule has 0 aromatic heterocycles. The summed E-state index contributed by atoms with van der Waals surface area (Å²) in [5.74, 6) is -0.0689. The summed E-state index contributed by atoms with van der Waals surface area (Å²) in [5, 5.41) is 16.2. The number of nitrogens with zero attached hydrogens (tertiary/aromatic N) is 1. The van der Waals surface area contributed by atoms with Gasteiger partial charge in [0.2, 0.25) is 5.91 Å². The van der Waals surface area contributed by atoms with Gasteiger partial charge in [0.15, 0.2) is 11.5 Å². The molecule has 2 atom stereocenters. The minimum absolute atomic E-state index is 0.0528. The maximum Gasteiger partial charge on any atom is 0.252 e. The number of phenolic OH excluding ortho intramolecular Hbond substituents is 1. The molecule has 32 heavy (non-hydrogen) atoms. The number of hydrogen-bond donors (Lipinski definition) is 3. The van der Waals surface area contributed by atoms with Crippen molar-refractivity contribution in [1.29, 1.82) is 0 Å². The Morgan fingerprint density at radius 1 is 1.28 bits per heavy atom. The topological polar surface area (TPSA) is 90.9 Å². The number of benzene rings is 2. The number of carbonyl (C=O) groups excluding carboxylic acids is 2. The highest BCUT2D eigenvalue weighted by Crippen LogP contribution is 2.37. The number of hydrogen-bond acceptors (Lipinski definition) is 5. The van der Waals surface area contributed by atoms with Gasteiger partial charge in [0.1, 0.15) is 0 Å². The Labute approximate surface area is 188 Å². The van der Waals surface area contributed by atoms with E-state index in [1.54, 1.807) is 12.1 Å². The summed E-state index contributed by atoms with van der Waals surface area (Å²) in [4.78, 5) is 28.5. The van der Waals surface area contributed by atoms with E-state index in [4.69, 9.17) is 4.74 Å². The first-order valence-electron chi connectivity index (χ1n) is 10.9. The van der Waals surface area contributed by atoms with E-state index in [1.165, 1.54) is 7.11 Å². The summed E-state index contributed by atoms with van der Waals surface area (Å²) >= 11 is 0. The SMILES string of the molecule is COc1cc(CN2C[C@@H](C(=O)NC(C)(C)C)[C@@]3(Cc4ccccc4C(=O)N3)C2)ccc1O. The molecular weight excluding hydrogens is 406 g/mol. The number of carbonyl (C=O) groups is 2. The van der Waals surface area contributed by atoms with Gasteiger partial charge >= 0.3 is 0 Å². The van der Waals surface area contributed by atoms with Crippen LogP contribution in [0.5, 0.6) is 11.5 Å². The van der Waals surface area contributed by atoms with E-state index in [0.29, 0.717) is 37.4 Å². The van der Waals surface area contributed by atoms with Gasteiger partial charge in [-0.1, -0.05) is 24.3 Å². The largest absolute Gasteiger partial charge is 0.504 e. The summed E-state index contributed by atoms with van der Waals surface area (Å²) in [6.45, 7) is 7.53. The molecule has 0 unspecified atom stereocenters. The summed E-state index contributed by atoms with van der Waals surface area (Å²) in [6, 6.07) is 12.9. The lowest BCUT2D eigenvalue weighted by atomic mass is 9.76. The third-order valence-corrected chi connectivity index (χ3v) is 6.21. The molecule has 2 aromatic rings. The summed E-state index contributed by atoms with van der Waals surface area (Å²) in [5.41, 5.74) is 1.57. The molecule has 4 rings (SSSR count). The molecular formula is C25H31N3O4. The zero-order valence-corrected chi connectivity index (χ0v) is 19.1. The first-order valence-corrected chi connectivity index (χ1v) is 10.9. The minimum Gasteiger partial charge on any atom is -0.504 e. The fourth-order valence-electron chi connectivity index (χ4n) is 4.88. The second-order valence-corrected chi connectivity index (χ2v) is 9.91. The molecule has 7 nitrogen and oxygen atoms in total. The molecule has 2 aliphatic rings. The maximum absolute atomic E-state index is 13.4. The van der Waals surface area contributed by atoms with Crippen LogP contribution >= 0.6 is 0 Å². The average Bonchev–Trinajstić information content (AvgIpc) is 3.05. The lowest BCUT2D eigenvalue weighted by molar-refractivity contribution is -0.127. The van der Waals surface area contributed by atoms with Gasteiger partial charge in [0, 0.05) is 30.7 Å². The van der Waals surface area contributed by atoms with Crippen molar-refractivity contribution in [3.8, 4) is 11.5 Å². The minimum atomic E-state index is -0.679. The number of rotatable bonds is 4. The Morgan fingerprint density at radius 3 is 2.75 bits per heavy atom. The van der Waals surface area contributed by atoms with E-state index in [-0.39, 0.29) is 23.1 Å². The van der Waals surface area contributed by atoms with Gasteiger partial charge in [0.05, 0.1) is 18.6 Å². The van der Waals surface area contributed by atoms with Crippen LogP contribution in [-0.2, 0) is 17.8 Å². The van der Waals surface area contributed by atoms with Crippen LogP contribution in [-0.4, -0.2) is 53.1 Å². The third-order valence-electron chi connectivity index (χ3n) is 6.21. The zero-order valence-electron chi connectivity index (χ0n) is 19.1. The molecule has 0 saturated carbocycles. The first-order chi connectivity index (χ1) is 15.1. The van der Waals surface area contributed by atoms with Gasteiger partial charge in [-0.3, -0.25) is 14.5 Å². The molecule has 7 heteroatoms. The van der Waals surface area contributed by atoms with Crippen LogP contribution in [0.3, 0.4) is 0 Å². The van der Waals surface area contributed by atoms with Crippen molar-refractivity contribution in [2.24, 2.45) is 5.92 Å². The van der Waals surface area contributed by atoms with Gasteiger partial charge in [-0.05, 0) is 56.5 Å². The Kier molecular flexibility index (Phi) is 5.63. The zero-order chi connectivity index (χ0) is 23.1. The monoisotopic (exact) mass is 437 g/mol. The number of aromatic hydroxyl groups is 1. The molecule has 2 aliphatic heterocycles. The number of likely N-dealkylation sites (tertiary alicyclic amines) is 1. The Bertz CT molecular complexity index is 1050. The van der Waals surface area contributed by atoms with Crippen molar-refractivity contribution in [2.75, 3.05) is 20.2 Å². The number of amides is 2. The number of methoxy groups -OCH3 is 1. The predicted octanol–water partition coefficient (Wildman–Crippen LogP) is 2.47. The molecule has 1 fully saturated rings.